The molecule has 12 nitrogen and oxygen atoms in total. The lowest BCUT2D eigenvalue weighted by atomic mass is 9.70. The van der Waals surface area contributed by atoms with Crippen LogP contribution < -0.4 is 21.3 Å². The van der Waals surface area contributed by atoms with E-state index in [1.807, 2.05) is 13.8 Å². The Kier molecular flexibility index (Phi) is 11.0. The van der Waals surface area contributed by atoms with Crippen molar-refractivity contribution in [2.45, 2.75) is 173 Å². The zero-order chi connectivity index (χ0) is 38.7. The number of piperidine rings is 1. The van der Waals surface area contributed by atoms with E-state index >= 15 is 0 Å². The molecule has 0 bridgehead atoms. The van der Waals surface area contributed by atoms with Crippen molar-refractivity contribution in [1.29, 1.82) is 0 Å². The second kappa shape index (κ2) is 14.2. The van der Waals surface area contributed by atoms with E-state index in [0.717, 1.165) is 51.4 Å². The van der Waals surface area contributed by atoms with Crippen LogP contribution >= 0.6 is 0 Å². The number of nitrogens with one attached hydrogen (secondary N) is 4. The highest BCUT2D eigenvalue weighted by atomic mass is 32.2. The molecular formula is C39H65N5O7S. The number of sulfone groups is 1. The van der Waals surface area contributed by atoms with Crippen molar-refractivity contribution in [3.05, 3.63) is 0 Å². The fourth-order valence-electron chi connectivity index (χ4n) is 10.2. The van der Waals surface area contributed by atoms with Gasteiger partial charge in [-0.25, -0.2) is 13.2 Å². The van der Waals surface area contributed by atoms with Crippen molar-refractivity contribution in [1.82, 2.24) is 26.2 Å². The SMILES string of the molecule is CCNC(=O)C(=O)C1(NC(=O)[C@@H]2C3C(CN2C(=O)[C@H](NC(=O)NC2([C@H](C)S(=O)(=O)C(C)(C)C)CCCCC2)C2(C)CCCCC2)C3(C)C)C[C@@H]1CC. The highest BCUT2D eigenvalue weighted by molar-refractivity contribution is 7.93. The van der Waals surface area contributed by atoms with E-state index < -0.39 is 72.0 Å². The Morgan fingerprint density at radius 2 is 1.44 bits per heavy atom. The van der Waals surface area contributed by atoms with Crippen molar-refractivity contribution in [3.8, 4) is 0 Å². The molecule has 1 aliphatic heterocycles. The normalized spacial score (nSPS) is 31.3. The third-order valence-corrected chi connectivity index (χ3v) is 17.2. The topological polar surface area (TPSA) is 171 Å². The first-order chi connectivity index (χ1) is 24.1. The fraction of sp³-hybridized carbons (Fsp3) is 0.872. The summed E-state index contributed by atoms with van der Waals surface area (Å²) in [5.74, 6) is -2.36. The molecule has 52 heavy (non-hydrogen) atoms. The number of hydrogen-bond donors (Lipinski definition) is 4. The van der Waals surface area contributed by atoms with Crippen LogP contribution in [0.2, 0.25) is 0 Å². The molecule has 5 amide bonds. The molecule has 13 heteroatoms. The van der Waals surface area contributed by atoms with Crippen LogP contribution in [0.4, 0.5) is 4.79 Å². The number of ketones is 1. The molecule has 0 aromatic rings. The second-order valence-corrected chi connectivity index (χ2v) is 21.6. The third-order valence-electron chi connectivity index (χ3n) is 14.1. The molecule has 1 heterocycles. The van der Waals surface area contributed by atoms with Crippen LogP contribution in [0.3, 0.4) is 0 Å². The highest BCUT2D eigenvalue weighted by Gasteiger charge is 2.71. The molecule has 0 aromatic carbocycles. The smallest absolute Gasteiger partial charge is 0.315 e. The third kappa shape index (κ3) is 7.01. The van der Waals surface area contributed by atoms with E-state index in [1.165, 1.54) is 0 Å². The molecule has 3 unspecified atom stereocenters. The Morgan fingerprint density at radius 3 is 1.96 bits per heavy atom. The number of nitrogens with zero attached hydrogens (tertiary/aromatic N) is 1. The number of hydrogen-bond acceptors (Lipinski definition) is 7. The highest BCUT2D eigenvalue weighted by Crippen LogP contribution is 2.65. The van der Waals surface area contributed by atoms with Crippen LogP contribution in [0.15, 0.2) is 0 Å². The summed E-state index contributed by atoms with van der Waals surface area (Å²) in [5.41, 5.74) is -3.05. The minimum absolute atomic E-state index is 0.0750. The molecule has 5 rings (SSSR count). The molecule has 4 saturated carbocycles. The Bertz CT molecular complexity index is 1540. The predicted octanol–water partition coefficient (Wildman–Crippen LogP) is 4.40. The Hall–Kier alpha value is -2.70. The maximum atomic E-state index is 15.0. The van der Waals surface area contributed by atoms with Gasteiger partial charge in [0, 0.05) is 13.1 Å². The van der Waals surface area contributed by atoms with Gasteiger partial charge >= 0.3 is 6.03 Å². The van der Waals surface area contributed by atoms with Gasteiger partial charge in [-0.3, -0.25) is 19.2 Å². The number of Topliss-reactive ketones (excluding diaryl/α,β-unsaturated/α-hetero) is 1. The molecule has 1 saturated heterocycles. The standard InChI is InChI=1S/C39H65N5O7S/c1-10-25-22-39(25,30(45)32(47)40-11-2)42-31(46)28-27-26(36(27,7)8)23-44(28)33(48)29(37(9)18-14-12-15-19-37)41-34(49)43-38(20-16-13-17-21-38)24(3)52(50,51)35(4,5)6/h24-29H,10-23H2,1-9H3,(H,40,47)(H,42,46)(H2,41,43,49)/t24-,25-,26?,27?,28-,29-,39?/m0/s1. The van der Waals surface area contributed by atoms with Gasteiger partial charge in [-0.1, -0.05) is 72.6 Å². The minimum atomic E-state index is -3.64. The summed E-state index contributed by atoms with van der Waals surface area (Å²) in [5, 5.41) is 11.0. The first-order valence-electron chi connectivity index (χ1n) is 19.9. The molecule has 7 atom stereocenters. The zero-order valence-corrected chi connectivity index (χ0v) is 33.9. The van der Waals surface area contributed by atoms with Crippen molar-refractivity contribution in [3.63, 3.8) is 0 Å². The van der Waals surface area contributed by atoms with Gasteiger partial charge in [0.05, 0.1) is 15.5 Å². The van der Waals surface area contributed by atoms with Crippen molar-refractivity contribution < 1.29 is 32.4 Å². The zero-order valence-electron chi connectivity index (χ0n) is 33.1. The lowest BCUT2D eigenvalue weighted by Gasteiger charge is -2.46. The molecule has 5 aliphatic rings. The summed E-state index contributed by atoms with van der Waals surface area (Å²) < 4.78 is 26.5. The average Bonchev–Trinajstić information content (AvgIpc) is 3.84. The number of likely N-dealkylation sites (tertiary alicyclic amines) is 1. The van der Waals surface area contributed by atoms with E-state index in [-0.39, 0.29) is 29.1 Å². The van der Waals surface area contributed by atoms with Crippen molar-refractivity contribution in [2.75, 3.05) is 13.1 Å². The summed E-state index contributed by atoms with van der Waals surface area (Å²) >= 11 is 0. The molecule has 5 fully saturated rings. The average molecular weight is 748 g/mol. The van der Waals surface area contributed by atoms with E-state index in [9.17, 15) is 32.4 Å². The Morgan fingerprint density at radius 1 is 0.865 bits per heavy atom. The van der Waals surface area contributed by atoms with E-state index in [2.05, 4.69) is 35.1 Å². The monoisotopic (exact) mass is 747 g/mol. The van der Waals surface area contributed by atoms with Gasteiger partial charge in [-0.15, -0.1) is 0 Å². The minimum Gasteiger partial charge on any atom is -0.350 e. The fourth-order valence-corrected chi connectivity index (χ4v) is 12.2. The molecule has 0 radical (unpaired) electrons. The Labute approximate surface area is 311 Å². The van der Waals surface area contributed by atoms with Crippen LogP contribution in [0.25, 0.3) is 0 Å². The maximum absolute atomic E-state index is 15.0. The summed E-state index contributed by atoms with van der Waals surface area (Å²) in [4.78, 5) is 71.3. The van der Waals surface area contributed by atoms with Gasteiger partial charge in [0.25, 0.3) is 5.91 Å². The van der Waals surface area contributed by atoms with E-state index in [0.29, 0.717) is 38.8 Å². The van der Waals surface area contributed by atoms with Gasteiger partial charge in [0.15, 0.2) is 9.84 Å². The summed E-state index contributed by atoms with van der Waals surface area (Å²) in [7, 11) is -3.64. The lowest BCUT2D eigenvalue weighted by molar-refractivity contribution is -0.146. The molecule has 4 aliphatic carbocycles. The first-order valence-corrected chi connectivity index (χ1v) is 21.5. The van der Waals surface area contributed by atoms with Crippen LogP contribution in [0.5, 0.6) is 0 Å². The number of urea groups is 1. The molecule has 0 spiro atoms. The van der Waals surface area contributed by atoms with Gasteiger partial charge in [0.1, 0.15) is 17.6 Å². The number of carbonyl (C=O) groups excluding carboxylic acids is 5. The first kappa shape index (κ1) is 40.5. The second-order valence-electron chi connectivity index (χ2n) is 18.6. The lowest BCUT2D eigenvalue weighted by Crippen LogP contribution is -2.66. The van der Waals surface area contributed by atoms with Gasteiger partial charge in [0.2, 0.25) is 17.6 Å². The van der Waals surface area contributed by atoms with E-state index in [1.54, 1.807) is 39.5 Å². The molecular weight excluding hydrogens is 683 g/mol. The molecule has 294 valence electrons. The van der Waals surface area contributed by atoms with Crippen LogP contribution in [-0.4, -0.2) is 89.1 Å². The molecule has 0 aromatic heterocycles. The Balaban J connectivity index is 1.43. The summed E-state index contributed by atoms with van der Waals surface area (Å²) in [6.45, 7) is 17.3. The molecule has 4 N–H and O–H groups in total. The number of amides is 5. The van der Waals surface area contributed by atoms with Crippen molar-refractivity contribution >= 4 is 39.4 Å². The number of fused-ring (bicyclic) bond motifs is 1. The predicted molar refractivity (Wildman–Crippen MR) is 200 cm³/mol. The summed E-state index contributed by atoms with van der Waals surface area (Å²) in [6, 6.07) is -2.37. The van der Waals surface area contributed by atoms with Crippen LogP contribution in [0, 0.1) is 28.6 Å². The number of likely N-dealkylation sites (N-methyl/N-ethyl adjacent to an activating group) is 1. The van der Waals surface area contributed by atoms with Gasteiger partial charge in [-0.05, 0) is 95.3 Å². The quantitative estimate of drug-likeness (QED) is 0.215. The van der Waals surface area contributed by atoms with Crippen molar-refractivity contribution in [2.24, 2.45) is 28.6 Å². The largest absolute Gasteiger partial charge is 0.350 e. The van der Waals surface area contributed by atoms with E-state index in [4.69, 9.17) is 0 Å². The summed E-state index contributed by atoms with van der Waals surface area (Å²) in [6.07, 6.45) is 8.84. The number of rotatable bonds is 12. The van der Waals surface area contributed by atoms with Gasteiger partial charge < -0.3 is 26.2 Å². The van der Waals surface area contributed by atoms with Crippen LogP contribution in [0.1, 0.15) is 139 Å². The number of carbonyl (C=O) groups is 5. The maximum Gasteiger partial charge on any atom is 0.315 e. The van der Waals surface area contributed by atoms with Crippen LogP contribution in [-0.2, 0) is 29.0 Å². The van der Waals surface area contributed by atoms with Gasteiger partial charge in [-0.2, -0.15) is 0 Å².